The number of ether oxygens (including phenoxy) is 2. The van der Waals surface area contributed by atoms with Crippen LogP contribution in [0.5, 0.6) is 5.88 Å². The van der Waals surface area contributed by atoms with E-state index in [-0.39, 0.29) is 17.6 Å². The molecule has 1 aromatic rings. The van der Waals surface area contributed by atoms with Crippen molar-refractivity contribution in [1.82, 2.24) is 4.98 Å². The fourth-order valence-corrected chi connectivity index (χ4v) is 2.73. The third-order valence-electron chi connectivity index (χ3n) is 2.34. The average molecular weight is 271 g/mol. The lowest BCUT2D eigenvalue weighted by atomic mass is 10.2. The van der Waals surface area contributed by atoms with Crippen LogP contribution in [0.15, 0.2) is 18.2 Å². The smallest absolute Gasteiger partial charge is 0.309 e. The fourth-order valence-electron chi connectivity index (χ4n) is 1.42. The number of rotatable bonds is 6. The van der Waals surface area contributed by atoms with Crippen molar-refractivity contribution in [2.24, 2.45) is 5.92 Å². The van der Waals surface area contributed by atoms with Crippen LogP contribution in [-0.4, -0.2) is 35.1 Å². The summed E-state index contributed by atoms with van der Waals surface area (Å²) in [5.74, 6) is 0.346. The quantitative estimate of drug-likeness (QED) is 0.726. The number of esters is 1. The molecule has 1 heterocycles. The molecule has 18 heavy (non-hydrogen) atoms. The molecule has 0 aliphatic heterocycles. The van der Waals surface area contributed by atoms with Crippen LogP contribution in [0.4, 0.5) is 0 Å². The van der Waals surface area contributed by atoms with E-state index in [2.05, 4.69) is 9.72 Å². The minimum atomic E-state index is -1.15. The Morgan fingerprint density at radius 3 is 2.78 bits per heavy atom. The summed E-state index contributed by atoms with van der Waals surface area (Å²) in [6, 6.07) is 5.30. The molecule has 5 nitrogen and oxygen atoms in total. The van der Waals surface area contributed by atoms with Gasteiger partial charge in [0.25, 0.3) is 0 Å². The van der Waals surface area contributed by atoms with Gasteiger partial charge in [0.15, 0.2) is 0 Å². The third-order valence-corrected chi connectivity index (χ3v) is 3.83. The van der Waals surface area contributed by atoms with Crippen molar-refractivity contribution in [3.05, 3.63) is 23.9 Å². The van der Waals surface area contributed by atoms with E-state index in [9.17, 15) is 9.00 Å². The summed E-state index contributed by atoms with van der Waals surface area (Å²) in [5.41, 5.74) is 0.685. The lowest BCUT2D eigenvalue weighted by molar-refractivity contribution is -0.144. The second kappa shape index (κ2) is 7.10. The standard InChI is InChI=1S/C12H17NO4S/c1-9(12(14)17-3)7-18(15)8-10-5-4-6-11(13-10)16-2/h4-6,9H,7-8H2,1-3H3. The van der Waals surface area contributed by atoms with Gasteiger partial charge in [0.05, 0.1) is 31.6 Å². The van der Waals surface area contributed by atoms with Gasteiger partial charge in [-0.2, -0.15) is 0 Å². The van der Waals surface area contributed by atoms with Gasteiger partial charge in [0.1, 0.15) is 0 Å². The highest BCUT2D eigenvalue weighted by Gasteiger charge is 2.17. The molecule has 0 saturated carbocycles. The second-order valence-electron chi connectivity index (χ2n) is 3.85. The Hall–Kier alpha value is -1.43. The van der Waals surface area contributed by atoms with E-state index in [1.807, 2.05) is 0 Å². The average Bonchev–Trinajstić information content (AvgIpc) is 2.37. The first kappa shape index (κ1) is 14.6. The van der Waals surface area contributed by atoms with E-state index in [0.29, 0.717) is 17.3 Å². The van der Waals surface area contributed by atoms with Gasteiger partial charge in [-0.25, -0.2) is 4.98 Å². The van der Waals surface area contributed by atoms with Gasteiger partial charge >= 0.3 is 5.97 Å². The van der Waals surface area contributed by atoms with Crippen LogP contribution in [0.25, 0.3) is 0 Å². The van der Waals surface area contributed by atoms with Gasteiger partial charge in [-0.1, -0.05) is 13.0 Å². The monoisotopic (exact) mass is 271 g/mol. The molecule has 0 saturated heterocycles. The zero-order chi connectivity index (χ0) is 13.5. The summed E-state index contributed by atoms with van der Waals surface area (Å²) in [4.78, 5) is 15.4. The Bertz CT molecular complexity index is 436. The molecule has 6 heteroatoms. The molecule has 0 radical (unpaired) electrons. The van der Waals surface area contributed by atoms with Crippen LogP contribution >= 0.6 is 0 Å². The molecular weight excluding hydrogens is 254 g/mol. The van der Waals surface area contributed by atoms with Crippen molar-refractivity contribution < 1.29 is 18.5 Å². The molecule has 2 unspecified atom stereocenters. The summed E-state index contributed by atoms with van der Waals surface area (Å²) in [6.45, 7) is 1.70. The van der Waals surface area contributed by atoms with Crippen LogP contribution in [0.3, 0.4) is 0 Å². The summed E-state index contributed by atoms with van der Waals surface area (Å²) < 4.78 is 21.4. The van der Waals surface area contributed by atoms with Crippen molar-refractivity contribution >= 4 is 16.8 Å². The van der Waals surface area contributed by atoms with Crippen LogP contribution in [0.1, 0.15) is 12.6 Å². The number of pyridine rings is 1. The van der Waals surface area contributed by atoms with Gasteiger partial charge in [-0.3, -0.25) is 9.00 Å². The molecule has 0 aromatic carbocycles. The van der Waals surface area contributed by atoms with Crippen molar-refractivity contribution in [3.8, 4) is 5.88 Å². The van der Waals surface area contributed by atoms with E-state index >= 15 is 0 Å². The van der Waals surface area contributed by atoms with Gasteiger partial charge < -0.3 is 9.47 Å². The summed E-state index contributed by atoms with van der Waals surface area (Å²) in [5, 5.41) is 0. The largest absolute Gasteiger partial charge is 0.481 e. The zero-order valence-corrected chi connectivity index (χ0v) is 11.5. The SMILES string of the molecule is COC(=O)C(C)CS(=O)Cc1cccc(OC)n1. The second-order valence-corrected chi connectivity index (χ2v) is 5.35. The van der Waals surface area contributed by atoms with Gasteiger partial charge in [-0.15, -0.1) is 0 Å². The zero-order valence-electron chi connectivity index (χ0n) is 10.7. The first-order chi connectivity index (χ1) is 8.56. The minimum Gasteiger partial charge on any atom is -0.481 e. The highest BCUT2D eigenvalue weighted by Crippen LogP contribution is 2.10. The molecule has 1 rings (SSSR count). The number of carbonyl (C=O) groups is 1. The maximum atomic E-state index is 11.9. The van der Waals surface area contributed by atoms with E-state index in [0.717, 1.165) is 0 Å². The number of carbonyl (C=O) groups excluding carboxylic acids is 1. The predicted octanol–water partition coefficient (Wildman–Crippen LogP) is 1.15. The van der Waals surface area contributed by atoms with Crippen LogP contribution in [0, 0.1) is 5.92 Å². The molecular formula is C12H17NO4S. The number of aromatic nitrogens is 1. The molecule has 0 aliphatic carbocycles. The van der Waals surface area contributed by atoms with Crippen molar-refractivity contribution in [2.75, 3.05) is 20.0 Å². The Morgan fingerprint density at radius 2 is 2.17 bits per heavy atom. The number of methoxy groups -OCH3 is 2. The molecule has 0 aliphatic rings. The maximum Gasteiger partial charge on any atom is 0.309 e. The van der Waals surface area contributed by atoms with Gasteiger partial charge in [0, 0.05) is 22.6 Å². The van der Waals surface area contributed by atoms with Crippen LogP contribution < -0.4 is 4.74 Å². The first-order valence-corrected chi connectivity index (χ1v) is 6.98. The lowest BCUT2D eigenvalue weighted by Gasteiger charge is -2.08. The van der Waals surface area contributed by atoms with Crippen LogP contribution in [0.2, 0.25) is 0 Å². The molecule has 1 aromatic heterocycles. The van der Waals surface area contributed by atoms with Crippen molar-refractivity contribution in [1.29, 1.82) is 0 Å². The van der Waals surface area contributed by atoms with E-state index in [1.165, 1.54) is 14.2 Å². The van der Waals surface area contributed by atoms with E-state index in [1.54, 1.807) is 25.1 Å². The summed E-state index contributed by atoms with van der Waals surface area (Å²) in [6.07, 6.45) is 0. The Kier molecular flexibility index (Phi) is 5.77. The van der Waals surface area contributed by atoms with E-state index in [4.69, 9.17) is 4.74 Å². The highest BCUT2D eigenvalue weighted by molar-refractivity contribution is 7.84. The molecule has 2 atom stereocenters. The summed E-state index contributed by atoms with van der Waals surface area (Å²) >= 11 is 0. The van der Waals surface area contributed by atoms with Gasteiger partial charge in [-0.05, 0) is 6.07 Å². The van der Waals surface area contributed by atoms with Gasteiger partial charge in [0.2, 0.25) is 5.88 Å². The first-order valence-electron chi connectivity index (χ1n) is 5.49. The molecule has 100 valence electrons. The number of hydrogen-bond donors (Lipinski definition) is 0. The Labute approximate surface area is 109 Å². The van der Waals surface area contributed by atoms with E-state index < -0.39 is 10.8 Å². The summed E-state index contributed by atoms with van der Waals surface area (Å²) in [7, 11) is 1.70. The molecule has 0 fully saturated rings. The topological polar surface area (TPSA) is 65.5 Å². The minimum absolute atomic E-state index is 0.269. The van der Waals surface area contributed by atoms with Crippen molar-refractivity contribution in [2.45, 2.75) is 12.7 Å². The highest BCUT2D eigenvalue weighted by atomic mass is 32.2. The van der Waals surface area contributed by atoms with Crippen molar-refractivity contribution in [3.63, 3.8) is 0 Å². The molecule has 0 spiro atoms. The fraction of sp³-hybridized carbons (Fsp3) is 0.500. The molecule has 0 amide bonds. The maximum absolute atomic E-state index is 11.9. The third kappa shape index (κ3) is 4.44. The Balaban J connectivity index is 2.56. The molecule has 0 N–H and O–H groups in total. The molecule has 0 bridgehead atoms. The number of hydrogen-bond acceptors (Lipinski definition) is 5. The number of nitrogens with zero attached hydrogens (tertiary/aromatic N) is 1. The van der Waals surface area contributed by atoms with Crippen LogP contribution in [-0.2, 0) is 26.1 Å². The lowest BCUT2D eigenvalue weighted by Crippen LogP contribution is -2.20. The Morgan fingerprint density at radius 1 is 1.44 bits per heavy atom. The predicted molar refractivity (Wildman–Crippen MR) is 68.7 cm³/mol. The normalized spacial score (nSPS) is 13.7.